The smallest absolute Gasteiger partial charge is 0.278 e. The normalized spacial score (nSPS) is 11.4. The summed E-state index contributed by atoms with van der Waals surface area (Å²) >= 11 is 9.84. The van der Waals surface area contributed by atoms with Gasteiger partial charge in [-0.2, -0.15) is 15.3 Å². The molecule has 10 nitrogen and oxygen atoms in total. The summed E-state index contributed by atoms with van der Waals surface area (Å²) < 4.78 is 11.7. The molecule has 0 spiro atoms. The number of aromatic nitrogens is 7. The maximum absolute atomic E-state index is 13.2. The van der Waals surface area contributed by atoms with Crippen LogP contribution in [0.4, 0.5) is 5.69 Å². The summed E-state index contributed by atoms with van der Waals surface area (Å²) in [6.07, 6.45) is 0. The van der Waals surface area contributed by atoms with Crippen LogP contribution in [0.1, 0.15) is 56.0 Å². The lowest BCUT2D eigenvalue weighted by Crippen LogP contribution is -2.18. The summed E-state index contributed by atoms with van der Waals surface area (Å²) in [5.74, 6) is 0.173. The summed E-state index contributed by atoms with van der Waals surface area (Å²) in [5, 5.41) is 21.2. The molecule has 0 aliphatic heterocycles. The Morgan fingerprint density at radius 2 is 1.53 bits per heavy atom. The molecule has 4 aromatic rings. The topological polar surface area (TPSA) is 109 Å². The Morgan fingerprint density at radius 3 is 2.12 bits per heavy atom. The van der Waals surface area contributed by atoms with Crippen LogP contribution in [0.15, 0.2) is 9.00 Å². The minimum atomic E-state index is -0.376. The summed E-state index contributed by atoms with van der Waals surface area (Å²) in [6.45, 7) is 13.9. The molecule has 1 amide bonds. The number of aryl methyl sites for hydroxylation is 4. The molecule has 0 fully saturated rings. The van der Waals surface area contributed by atoms with E-state index in [1.807, 2.05) is 50.9 Å². The number of anilines is 1. The molecule has 34 heavy (non-hydrogen) atoms. The third-order valence-corrected chi connectivity index (χ3v) is 7.68. The first kappa shape index (κ1) is 24.2. The number of hydrogen-bond acceptors (Lipinski definition) is 6. The largest absolute Gasteiger partial charge is 0.361 e. The Labute approximate surface area is 210 Å². The van der Waals surface area contributed by atoms with Crippen molar-refractivity contribution in [3.63, 3.8) is 0 Å². The zero-order valence-corrected chi connectivity index (χ0v) is 22.5. The second kappa shape index (κ2) is 9.03. The molecular weight excluding hydrogens is 524 g/mol. The van der Waals surface area contributed by atoms with Crippen molar-refractivity contribution in [2.75, 3.05) is 5.32 Å². The van der Waals surface area contributed by atoms with Crippen molar-refractivity contribution in [1.82, 2.24) is 34.5 Å². The predicted octanol–water partition coefficient (Wildman–Crippen LogP) is 4.65. The maximum atomic E-state index is 13.2. The third-order valence-electron chi connectivity index (χ3n) is 5.98. The molecule has 180 valence electrons. The maximum Gasteiger partial charge on any atom is 0.278 e. The molecule has 0 radical (unpaired) electrons. The highest BCUT2D eigenvalue weighted by Gasteiger charge is 2.24. The van der Waals surface area contributed by atoms with E-state index in [2.05, 4.69) is 41.7 Å². The molecule has 1 N–H and O–H groups in total. The number of nitrogens with zero attached hydrogens (tertiary/aromatic N) is 7. The van der Waals surface area contributed by atoms with E-state index in [1.165, 1.54) is 0 Å². The first-order valence-electron chi connectivity index (χ1n) is 10.7. The van der Waals surface area contributed by atoms with Crippen molar-refractivity contribution in [2.24, 2.45) is 0 Å². The van der Waals surface area contributed by atoms with Crippen LogP contribution in [0.5, 0.6) is 0 Å². The monoisotopic (exact) mass is 548 g/mol. The fraction of sp³-hybridized carbons (Fsp3) is 0.409. The summed E-state index contributed by atoms with van der Waals surface area (Å²) in [5.41, 5.74) is 6.44. The zero-order valence-electron chi connectivity index (χ0n) is 20.1. The van der Waals surface area contributed by atoms with Crippen LogP contribution in [0.25, 0.3) is 0 Å². The Morgan fingerprint density at radius 1 is 0.912 bits per heavy atom. The Bertz CT molecular complexity index is 1410. The van der Waals surface area contributed by atoms with Gasteiger partial charge in [0.05, 0.1) is 55.9 Å². The number of nitrogens with one attached hydrogen (secondary N) is 1. The summed E-state index contributed by atoms with van der Waals surface area (Å²) in [6, 6.07) is 0. The standard InChI is InChI=1S/C22H26BrClN8O2/c1-10-18(23)13(4)31(26-10)9-32-15(6)20(12(3)28-32)25-22(33)21-17(16(7)34-29-21)8-30-14(5)19(24)11(2)27-30/h8-9H2,1-7H3,(H,25,33). The number of rotatable bonds is 6. The Balaban J connectivity index is 1.59. The SMILES string of the molecule is Cc1nn(Cc2c(C(=O)Nc3c(C)nn(Cn4nc(C)c(Br)c4C)c3C)noc2C)c(C)c1Cl. The van der Waals surface area contributed by atoms with E-state index in [0.29, 0.717) is 40.9 Å². The van der Waals surface area contributed by atoms with Crippen LogP contribution in [-0.2, 0) is 13.2 Å². The molecule has 0 saturated heterocycles. The van der Waals surface area contributed by atoms with E-state index in [9.17, 15) is 4.79 Å². The van der Waals surface area contributed by atoms with Gasteiger partial charge in [0.2, 0.25) is 0 Å². The molecule has 0 aromatic carbocycles. The minimum Gasteiger partial charge on any atom is -0.361 e. The lowest BCUT2D eigenvalue weighted by molar-refractivity contribution is 0.101. The lowest BCUT2D eigenvalue weighted by atomic mass is 10.1. The fourth-order valence-electron chi connectivity index (χ4n) is 3.86. The molecule has 0 aliphatic rings. The van der Waals surface area contributed by atoms with Crippen LogP contribution in [-0.4, -0.2) is 40.4 Å². The van der Waals surface area contributed by atoms with Gasteiger partial charge in [-0.05, 0) is 64.4 Å². The summed E-state index contributed by atoms with van der Waals surface area (Å²) in [4.78, 5) is 13.2. The van der Waals surface area contributed by atoms with Crippen molar-refractivity contribution in [1.29, 1.82) is 0 Å². The zero-order chi connectivity index (χ0) is 24.9. The number of carbonyl (C=O) groups excluding carboxylic acids is 1. The molecule has 0 unspecified atom stereocenters. The van der Waals surface area contributed by atoms with Gasteiger partial charge in [0.25, 0.3) is 5.91 Å². The van der Waals surface area contributed by atoms with E-state index in [-0.39, 0.29) is 11.6 Å². The van der Waals surface area contributed by atoms with Crippen LogP contribution in [0, 0.1) is 48.5 Å². The van der Waals surface area contributed by atoms with E-state index in [0.717, 1.165) is 32.9 Å². The fourth-order valence-corrected chi connectivity index (χ4v) is 4.28. The highest BCUT2D eigenvalue weighted by Crippen LogP contribution is 2.25. The number of halogens is 2. The first-order valence-corrected chi connectivity index (χ1v) is 11.9. The van der Waals surface area contributed by atoms with Gasteiger partial charge in [-0.25, -0.2) is 9.36 Å². The third kappa shape index (κ3) is 4.18. The van der Waals surface area contributed by atoms with Crippen molar-refractivity contribution in [3.8, 4) is 0 Å². The van der Waals surface area contributed by atoms with Gasteiger partial charge < -0.3 is 9.84 Å². The van der Waals surface area contributed by atoms with Crippen LogP contribution in [0.3, 0.4) is 0 Å². The number of carbonyl (C=O) groups is 1. The second-order valence-electron chi connectivity index (χ2n) is 8.33. The molecule has 0 saturated carbocycles. The molecule has 0 bridgehead atoms. The molecule has 4 heterocycles. The van der Waals surface area contributed by atoms with E-state index in [4.69, 9.17) is 16.1 Å². The van der Waals surface area contributed by atoms with Crippen molar-refractivity contribution in [3.05, 3.63) is 60.7 Å². The van der Waals surface area contributed by atoms with E-state index >= 15 is 0 Å². The Hall–Kier alpha value is -2.92. The highest BCUT2D eigenvalue weighted by atomic mass is 79.9. The molecule has 0 aliphatic carbocycles. The van der Waals surface area contributed by atoms with Gasteiger partial charge in [0, 0.05) is 5.56 Å². The van der Waals surface area contributed by atoms with Gasteiger partial charge in [-0.1, -0.05) is 16.8 Å². The predicted molar refractivity (Wildman–Crippen MR) is 132 cm³/mol. The van der Waals surface area contributed by atoms with Crippen LogP contribution >= 0.6 is 27.5 Å². The van der Waals surface area contributed by atoms with Gasteiger partial charge in [0.1, 0.15) is 12.4 Å². The number of amides is 1. The lowest BCUT2D eigenvalue weighted by Gasteiger charge is -2.09. The quantitative estimate of drug-likeness (QED) is 0.375. The first-order chi connectivity index (χ1) is 16.0. The molecule has 12 heteroatoms. The van der Waals surface area contributed by atoms with Gasteiger partial charge in [-0.15, -0.1) is 0 Å². The number of hydrogen-bond donors (Lipinski definition) is 1. The van der Waals surface area contributed by atoms with E-state index < -0.39 is 0 Å². The molecule has 4 aromatic heterocycles. The van der Waals surface area contributed by atoms with Gasteiger partial charge >= 0.3 is 0 Å². The molecule has 4 rings (SSSR count). The van der Waals surface area contributed by atoms with Crippen LogP contribution < -0.4 is 5.32 Å². The average molecular weight is 550 g/mol. The average Bonchev–Trinajstić information content (AvgIpc) is 3.44. The van der Waals surface area contributed by atoms with Crippen molar-refractivity contribution in [2.45, 2.75) is 61.7 Å². The Kier molecular flexibility index (Phi) is 6.43. The van der Waals surface area contributed by atoms with Crippen LogP contribution in [0.2, 0.25) is 5.02 Å². The van der Waals surface area contributed by atoms with Crippen molar-refractivity contribution < 1.29 is 9.32 Å². The van der Waals surface area contributed by atoms with Crippen molar-refractivity contribution >= 4 is 39.1 Å². The molecular formula is C22H26BrClN8O2. The van der Waals surface area contributed by atoms with Gasteiger partial charge in [-0.3, -0.25) is 9.48 Å². The summed E-state index contributed by atoms with van der Waals surface area (Å²) in [7, 11) is 0. The minimum absolute atomic E-state index is 0.204. The second-order valence-corrected chi connectivity index (χ2v) is 9.50. The van der Waals surface area contributed by atoms with Gasteiger partial charge in [0.15, 0.2) is 5.69 Å². The van der Waals surface area contributed by atoms with E-state index in [1.54, 1.807) is 11.6 Å². The highest BCUT2D eigenvalue weighted by molar-refractivity contribution is 9.10. The molecule has 0 atom stereocenters.